The molecule has 0 spiro atoms. The van der Waals surface area contributed by atoms with Crippen molar-refractivity contribution in [3.63, 3.8) is 0 Å². The van der Waals surface area contributed by atoms with E-state index in [0.29, 0.717) is 17.9 Å². The van der Waals surface area contributed by atoms with Gasteiger partial charge in [-0.3, -0.25) is 4.79 Å². The van der Waals surface area contributed by atoms with Gasteiger partial charge in [0.2, 0.25) is 5.91 Å². The van der Waals surface area contributed by atoms with Gasteiger partial charge in [-0.1, -0.05) is 12.1 Å². The lowest BCUT2D eigenvalue weighted by Gasteiger charge is -2.26. The molecule has 21 heavy (non-hydrogen) atoms. The molecule has 1 N–H and O–H groups in total. The van der Waals surface area contributed by atoms with Crippen molar-refractivity contribution in [3.05, 3.63) is 30.1 Å². The number of nitrogens with zero attached hydrogens (tertiary/aromatic N) is 2. The third-order valence-electron chi connectivity index (χ3n) is 3.48. The molecule has 6 heteroatoms. The highest BCUT2D eigenvalue weighted by Gasteiger charge is 2.34. The number of rotatable bonds is 5. The van der Waals surface area contributed by atoms with Gasteiger partial charge in [0.25, 0.3) is 0 Å². The van der Waals surface area contributed by atoms with Crippen LogP contribution in [0.25, 0.3) is 0 Å². The molecule has 0 bridgehead atoms. The largest absolute Gasteiger partial charge is 0.391 e. The van der Waals surface area contributed by atoms with Crippen molar-refractivity contribution < 1.29 is 14.3 Å². The fraction of sp³-hybridized carbons (Fsp3) is 0.533. The zero-order valence-corrected chi connectivity index (χ0v) is 13.1. The number of hydrogen-bond acceptors (Lipinski definition) is 4. The van der Waals surface area contributed by atoms with Gasteiger partial charge in [-0.05, 0) is 32.6 Å². The monoisotopic (exact) mass is 312 g/mol. The number of likely N-dealkylation sites (N-methyl/N-ethyl adjacent to an activating group) is 1. The van der Waals surface area contributed by atoms with Crippen molar-refractivity contribution in [3.8, 4) is 0 Å². The summed E-state index contributed by atoms with van der Waals surface area (Å²) in [5.74, 6) is -0.161. The summed E-state index contributed by atoms with van der Waals surface area (Å²) in [4.78, 5) is 16.5. The highest BCUT2D eigenvalue weighted by atomic mass is 32.2. The predicted octanol–water partition coefficient (Wildman–Crippen LogP) is 1.44. The van der Waals surface area contributed by atoms with E-state index in [1.807, 2.05) is 19.0 Å². The summed E-state index contributed by atoms with van der Waals surface area (Å²) in [6, 6.07) is 6.48. The highest BCUT2D eigenvalue weighted by Crippen LogP contribution is 2.24. The van der Waals surface area contributed by atoms with E-state index in [1.165, 1.54) is 17.8 Å². The summed E-state index contributed by atoms with van der Waals surface area (Å²) >= 11 is 1.20. The van der Waals surface area contributed by atoms with Crippen molar-refractivity contribution in [1.82, 2.24) is 9.80 Å². The molecule has 1 aliphatic rings. The molecule has 2 atom stereocenters. The van der Waals surface area contributed by atoms with Crippen LogP contribution in [-0.2, 0) is 4.79 Å². The van der Waals surface area contributed by atoms with E-state index in [4.69, 9.17) is 0 Å². The van der Waals surface area contributed by atoms with Crippen molar-refractivity contribution in [2.24, 2.45) is 0 Å². The van der Waals surface area contributed by atoms with Crippen LogP contribution in [0.4, 0.5) is 4.39 Å². The molecule has 2 rings (SSSR count). The Morgan fingerprint density at radius 3 is 2.86 bits per heavy atom. The van der Waals surface area contributed by atoms with Gasteiger partial charge in [-0.2, -0.15) is 0 Å². The molecule has 1 aromatic rings. The summed E-state index contributed by atoms with van der Waals surface area (Å²) < 4.78 is 13.5. The molecule has 1 fully saturated rings. The molecular weight excluding hydrogens is 291 g/mol. The maximum Gasteiger partial charge on any atom is 0.233 e. The van der Waals surface area contributed by atoms with Crippen molar-refractivity contribution in [2.45, 2.75) is 23.5 Å². The molecule has 0 aromatic heterocycles. The van der Waals surface area contributed by atoms with Crippen molar-refractivity contribution in [2.75, 3.05) is 32.9 Å². The summed E-state index contributed by atoms with van der Waals surface area (Å²) in [6.07, 6.45) is 0.145. The molecule has 0 saturated carbocycles. The number of aliphatic hydroxyl groups is 1. The first kappa shape index (κ1) is 16.3. The van der Waals surface area contributed by atoms with Crippen LogP contribution in [0.1, 0.15) is 6.42 Å². The molecule has 1 heterocycles. The number of benzene rings is 1. The summed E-state index contributed by atoms with van der Waals surface area (Å²) in [6.45, 7) is 1.10. The van der Waals surface area contributed by atoms with Crippen LogP contribution in [0.5, 0.6) is 0 Å². The zero-order valence-electron chi connectivity index (χ0n) is 12.3. The minimum Gasteiger partial charge on any atom is -0.391 e. The lowest BCUT2D eigenvalue weighted by atomic mass is 10.2. The van der Waals surface area contributed by atoms with E-state index >= 15 is 0 Å². The Labute approximate surface area is 128 Å². The quantitative estimate of drug-likeness (QED) is 0.836. The molecule has 1 aliphatic heterocycles. The van der Waals surface area contributed by atoms with Gasteiger partial charge < -0.3 is 14.9 Å². The van der Waals surface area contributed by atoms with Gasteiger partial charge in [0.15, 0.2) is 0 Å². The lowest BCUT2D eigenvalue weighted by molar-refractivity contribution is -0.129. The Hall–Kier alpha value is -1.11. The van der Waals surface area contributed by atoms with Crippen LogP contribution in [0.15, 0.2) is 29.2 Å². The molecule has 1 amide bonds. The summed E-state index contributed by atoms with van der Waals surface area (Å²) in [5.41, 5.74) is 0. The number of likely N-dealkylation sites (tertiary alicyclic amines) is 1. The Morgan fingerprint density at radius 1 is 1.48 bits per heavy atom. The number of halogens is 1. The van der Waals surface area contributed by atoms with Crippen LogP contribution in [0, 0.1) is 5.82 Å². The van der Waals surface area contributed by atoms with Crippen LogP contribution in [0.2, 0.25) is 0 Å². The first-order valence-corrected chi connectivity index (χ1v) is 7.95. The second-order valence-corrected chi connectivity index (χ2v) is 6.59. The predicted molar refractivity (Wildman–Crippen MR) is 81.8 cm³/mol. The molecule has 116 valence electrons. The smallest absolute Gasteiger partial charge is 0.233 e. The number of β-amino-alcohol motifs (C(OH)–C–C–N with tert-alkyl or cyclic N) is 1. The Morgan fingerprint density at radius 2 is 2.19 bits per heavy atom. The van der Waals surface area contributed by atoms with E-state index in [2.05, 4.69) is 0 Å². The fourth-order valence-corrected chi connectivity index (χ4v) is 3.40. The third-order valence-corrected chi connectivity index (χ3v) is 4.51. The number of carbonyl (C=O) groups excluding carboxylic acids is 1. The number of hydrogen-bond donors (Lipinski definition) is 1. The second-order valence-electron chi connectivity index (χ2n) is 5.57. The lowest BCUT2D eigenvalue weighted by Crippen LogP contribution is -2.42. The van der Waals surface area contributed by atoms with Gasteiger partial charge in [0, 0.05) is 24.0 Å². The van der Waals surface area contributed by atoms with Gasteiger partial charge in [-0.25, -0.2) is 4.39 Å². The van der Waals surface area contributed by atoms with E-state index < -0.39 is 6.10 Å². The zero-order chi connectivity index (χ0) is 15.4. The number of aliphatic hydroxyl groups excluding tert-OH is 1. The number of carbonyl (C=O) groups is 1. The summed E-state index contributed by atoms with van der Waals surface area (Å²) in [5, 5.41) is 9.78. The molecule has 0 radical (unpaired) electrons. The SMILES string of the molecule is CN(C)CC1CC(O)CN1C(=O)CSc1ccccc1F. The topological polar surface area (TPSA) is 43.8 Å². The van der Waals surface area contributed by atoms with Crippen molar-refractivity contribution in [1.29, 1.82) is 0 Å². The standard InChI is InChI=1S/C15H21FN2O2S/c1-17(2)8-11-7-12(19)9-18(11)15(20)10-21-14-6-4-3-5-13(14)16/h3-6,11-12,19H,7-10H2,1-2H3. The van der Waals surface area contributed by atoms with Crippen LogP contribution in [0.3, 0.4) is 0 Å². The molecular formula is C15H21FN2O2S. The maximum absolute atomic E-state index is 13.5. The normalized spacial score (nSPS) is 22.0. The fourth-order valence-electron chi connectivity index (χ4n) is 2.58. The molecule has 1 saturated heterocycles. The maximum atomic E-state index is 13.5. The van der Waals surface area contributed by atoms with E-state index in [0.717, 1.165) is 6.54 Å². The molecule has 2 unspecified atom stereocenters. The molecule has 1 aromatic carbocycles. The van der Waals surface area contributed by atoms with Gasteiger partial charge in [0.05, 0.1) is 11.9 Å². The highest BCUT2D eigenvalue weighted by molar-refractivity contribution is 8.00. The van der Waals surface area contributed by atoms with Gasteiger partial charge >= 0.3 is 0 Å². The average Bonchev–Trinajstić information content (AvgIpc) is 2.77. The number of amides is 1. The van der Waals surface area contributed by atoms with Gasteiger partial charge in [0.1, 0.15) is 5.82 Å². The van der Waals surface area contributed by atoms with Crippen LogP contribution in [-0.4, -0.2) is 65.9 Å². The third kappa shape index (κ3) is 4.43. The second kappa shape index (κ2) is 7.24. The molecule has 0 aliphatic carbocycles. The van der Waals surface area contributed by atoms with Crippen LogP contribution < -0.4 is 0 Å². The first-order valence-electron chi connectivity index (χ1n) is 6.97. The van der Waals surface area contributed by atoms with Crippen molar-refractivity contribution >= 4 is 17.7 Å². The van der Waals surface area contributed by atoms with Crippen LogP contribution >= 0.6 is 11.8 Å². The average molecular weight is 312 g/mol. The van der Waals surface area contributed by atoms with E-state index in [9.17, 15) is 14.3 Å². The summed E-state index contributed by atoms with van der Waals surface area (Å²) in [7, 11) is 3.89. The van der Waals surface area contributed by atoms with E-state index in [-0.39, 0.29) is 23.5 Å². The minimum atomic E-state index is -0.461. The Bertz CT molecular complexity index is 498. The Balaban J connectivity index is 1.94. The van der Waals surface area contributed by atoms with E-state index in [1.54, 1.807) is 23.1 Å². The molecule has 4 nitrogen and oxygen atoms in total. The minimum absolute atomic E-state index is 0.0312. The van der Waals surface area contributed by atoms with Gasteiger partial charge in [-0.15, -0.1) is 11.8 Å². The number of thioether (sulfide) groups is 1. The Kier molecular flexibility index (Phi) is 5.61. The first-order chi connectivity index (χ1) is 9.97.